The number of carbonyl (C=O) groups is 6. The predicted octanol–water partition coefficient (Wildman–Crippen LogP) is 19.0. The Morgan fingerprint density at radius 3 is 1.01 bits per heavy atom. The number of fused-ring (bicyclic) bond motifs is 4. The molecule has 4 N–H and O–H groups in total. The Labute approximate surface area is 968 Å². The Kier molecular flexibility index (Phi) is 45.4. The molecule has 0 radical (unpaired) electrons. The van der Waals surface area contributed by atoms with Crippen molar-refractivity contribution in [2.75, 3.05) is 31.7 Å². The van der Waals surface area contributed by atoms with E-state index >= 15 is 0 Å². The fourth-order valence-corrected chi connectivity index (χ4v) is 15.7. The summed E-state index contributed by atoms with van der Waals surface area (Å²) >= 11 is 0. The van der Waals surface area contributed by atoms with Crippen molar-refractivity contribution in [1.29, 1.82) is 0 Å². The Balaban J connectivity index is 0.000000184. The van der Waals surface area contributed by atoms with Gasteiger partial charge in [-0.15, -0.1) is 24.8 Å². The number of amides is 2. The maximum absolute atomic E-state index is 12.2. The van der Waals surface area contributed by atoms with Gasteiger partial charge in [-0.3, -0.25) is 49.4 Å². The molecule has 10 aromatic carbocycles. The minimum absolute atomic E-state index is 0. The third-order valence-corrected chi connectivity index (χ3v) is 22.6. The molecular weight excluding hydrogens is 1980 g/mol. The second-order valence-corrected chi connectivity index (χ2v) is 35.2. The molecule has 0 unspecified atom stereocenters. The van der Waals surface area contributed by atoms with E-state index in [9.17, 15) is 24.0 Å². The van der Waals surface area contributed by atoms with Gasteiger partial charge in [0, 0.05) is 117 Å². The molecule has 11 heterocycles. The average molecular weight is 2090 g/mol. The van der Waals surface area contributed by atoms with Gasteiger partial charge in [0.2, 0.25) is 0 Å². The number of rotatable bonds is 20. The molecule has 21 rings (SSSR count). The van der Waals surface area contributed by atoms with Crippen LogP contribution < -0.4 is 124 Å². The number of nitrogens with two attached hydrogens (primary N) is 1. The SMILES string of the molecule is CC(C)(C)OC(=O)NCc1ccc(-c2nc3cccnc3cc2-c2ccccc2)cc1.CC(C)(C)OC(=O)Nc1cccnc1C=O.Cl.Cl.NCc1ccc(-c2nc3cccnc3cc2-c2ccccc2)cc1.O=C(Cc1ccccc1)c1ccc(C2OCCO2)cc1.O=CO[O-].O=Cc1ccc(-c2nc3cccnc3cc2-c2ccccc2)cc1.[H-].[K+].[K+].c1ccc(-c2cc3ncccc3nc2-c2ccc(C3OCCO3)cc2)cc1. The number of carbonyl (C=O) groups excluding carboxylic acids is 6. The summed E-state index contributed by atoms with van der Waals surface area (Å²) in [6.45, 7) is 14.1. The first-order valence-electron chi connectivity index (χ1n) is 47.2. The standard InChI is InChI=1S/C26H25N3O2.C23H18N2O2.C21H17N3.C21H14N2O.C17H16O3.C11H14N2O3.CH2O3.2ClH.2K.H/c1-26(2,3)31-25(30)28-17-18-11-13-20(14-12-18)24-21(19-8-5-4-6-9-19)16-23-22(29-24)10-7-15-27-23;1-2-5-16(6-3-1)19-15-21-20(7-4-12-24-21)25-22(19)17-8-10-18(11-9-17)23-26-13-14-27-23;22-14-15-8-10-17(11-9-15)21-18(16-5-2-1-3-6-16)13-20-19(24-21)7-4-12-23-20;24-14-15-8-10-17(11-9-15)21-18(16-5-2-1-3-6-16)13-20-19(23-21)7-4-12-22-20;18-16(12-13-4-2-1-3-5-13)14-6-8-15(9-7-14)17-19-10-11-20-17;1-11(2,3)16-10(15)13-8-5-4-6-12-9(8)7-14;2-1-4-3;;;;;/h4-16H,17H2,1-3H3,(H,28,30);1-12,15,23H,13-14H2;1-13H,14,22H2;1-14H;1-9,17H,10-12H2;4-7H,1-3H3,(H,13,15);1,3H;2*1H;;;/q;;;;;;;;;2*+1;-1/p-1. The van der Waals surface area contributed by atoms with Crippen molar-refractivity contribution in [3.05, 3.63) is 434 Å². The van der Waals surface area contributed by atoms with Gasteiger partial charge in [-0.25, -0.2) is 29.5 Å². The van der Waals surface area contributed by atoms with E-state index in [1.54, 1.807) is 57.7 Å². The summed E-state index contributed by atoms with van der Waals surface area (Å²) in [7, 11) is 0. The van der Waals surface area contributed by atoms with Gasteiger partial charge in [-0.05, 0) is 165 Å². The number of pyridine rings is 9. The maximum atomic E-state index is 12.2. The largest absolute Gasteiger partial charge is 1.00 e. The molecule has 2 aliphatic rings. The number of aldehydes is 2. The number of hydrogen-bond donors (Lipinski definition) is 3. The molecule has 0 spiro atoms. The molecule has 0 bridgehead atoms. The first kappa shape index (κ1) is 116. The number of hydrogen-bond acceptors (Lipinski definition) is 24. The van der Waals surface area contributed by atoms with Crippen LogP contribution in [-0.4, -0.2) is 119 Å². The first-order valence-corrected chi connectivity index (χ1v) is 47.2. The van der Waals surface area contributed by atoms with E-state index in [-0.39, 0.29) is 160 Å². The van der Waals surface area contributed by atoms with E-state index in [0.717, 1.165) is 173 Å². The van der Waals surface area contributed by atoms with Gasteiger partial charge in [0.05, 0.1) is 99.0 Å². The minimum Gasteiger partial charge on any atom is -1.00 e. The number of nitrogens with zero attached hydrogens (tertiary/aromatic N) is 9. The monoisotopic (exact) mass is 2090 g/mol. The molecule has 150 heavy (non-hydrogen) atoms. The van der Waals surface area contributed by atoms with E-state index in [2.05, 4.69) is 162 Å². The van der Waals surface area contributed by atoms with Gasteiger partial charge >= 0.3 is 115 Å². The molecule has 2 saturated heterocycles. The van der Waals surface area contributed by atoms with Gasteiger partial charge in [0.25, 0.3) is 6.47 Å². The number of aromatic nitrogens is 9. The number of ketones is 1. The molecular formula is C120H108Cl2K2N12O14. The third kappa shape index (κ3) is 33.4. The summed E-state index contributed by atoms with van der Waals surface area (Å²) < 4.78 is 32.4. The van der Waals surface area contributed by atoms with Crippen LogP contribution in [0.3, 0.4) is 0 Å². The molecule has 0 aliphatic carbocycles. The number of ether oxygens (including phenoxy) is 6. The van der Waals surface area contributed by atoms with Crippen LogP contribution >= 0.6 is 24.8 Å². The molecule has 0 saturated carbocycles. The molecule has 9 aromatic heterocycles. The van der Waals surface area contributed by atoms with Gasteiger partial charge in [-0.1, -0.05) is 273 Å². The van der Waals surface area contributed by atoms with Crippen molar-refractivity contribution in [2.24, 2.45) is 5.73 Å². The van der Waals surface area contributed by atoms with E-state index in [0.29, 0.717) is 63.5 Å². The first-order chi connectivity index (χ1) is 71.1. The van der Waals surface area contributed by atoms with Crippen molar-refractivity contribution in [3.63, 3.8) is 0 Å². The number of benzene rings is 10. The fraction of sp³-hybridized carbons (Fsp3) is 0.142. The summed E-state index contributed by atoms with van der Waals surface area (Å²) in [5.41, 5.74) is 35.1. The Bertz CT molecular complexity index is 7620. The average Bonchev–Trinajstić information content (AvgIpc) is 1.11. The number of anilines is 1. The molecule has 2 amide bonds. The van der Waals surface area contributed by atoms with E-state index in [4.69, 9.17) is 64.1 Å². The van der Waals surface area contributed by atoms with Crippen molar-refractivity contribution < 1.29 is 172 Å². The van der Waals surface area contributed by atoms with Gasteiger partial charge in [0.1, 0.15) is 23.2 Å². The molecule has 2 fully saturated rings. The second kappa shape index (κ2) is 58.4. The normalized spacial score (nSPS) is 11.8. The van der Waals surface area contributed by atoms with Crippen molar-refractivity contribution in [1.82, 2.24) is 50.2 Å². The summed E-state index contributed by atoms with van der Waals surface area (Å²) in [5.74, 6) is 0.121. The summed E-state index contributed by atoms with van der Waals surface area (Å²) in [6.07, 6.45) is 8.91. The summed E-state index contributed by atoms with van der Waals surface area (Å²) in [5, 5.41) is 13.7. The van der Waals surface area contributed by atoms with Crippen LogP contribution in [0.1, 0.15) is 115 Å². The van der Waals surface area contributed by atoms with Gasteiger partial charge < -0.3 is 51.0 Å². The summed E-state index contributed by atoms with van der Waals surface area (Å²) in [4.78, 5) is 109. The number of halogens is 2. The fourth-order valence-electron chi connectivity index (χ4n) is 15.7. The predicted molar refractivity (Wildman–Crippen MR) is 580 cm³/mol. The second-order valence-electron chi connectivity index (χ2n) is 35.2. The number of nitrogens with one attached hydrogen (secondary N) is 2. The van der Waals surface area contributed by atoms with Crippen LogP contribution in [0.5, 0.6) is 0 Å². The van der Waals surface area contributed by atoms with E-state index in [1.165, 1.54) is 6.20 Å². The van der Waals surface area contributed by atoms with Crippen molar-refractivity contribution >= 4 is 112 Å². The third-order valence-electron chi connectivity index (χ3n) is 22.6. The molecule has 0 atom stereocenters. The Morgan fingerprint density at radius 2 is 0.680 bits per heavy atom. The number of Topliss-reactive ketones (excluding diaryl/α,β-unsaturated/α-hetero) is 1. The molecule has 26 nitrogen and oxygen atoms in total. The van der Waals surface area contributed by atoms with Crippen LogP contribution in [0.15, 0.2) is 389 Å². The summed E-state index contributed by atoms with van der Waals surface area (Å²) in [6, 6.07) is 117. The zero-order valence-corrected chi connectivity index (χ0v) is 91.8. The van der Waals surface area contributed by atoms with Crippen LogP contribution in [0.2, 0.25) is 0 Å². The maximum Gasteiger partial charge on any atom is 1.00 e. The van der Waals surface area contributed by atoms with Gasteiger partial charge in [-0.2, -0.15) is 0 Å². The van der Waals surface area contributed by atoms with Crippen LogP contribution in [-0.2, 0) is 57.6 Å². The molecule has 748 valence electrons. The van der Waals surface area contributed by atoms with Crippen LogP contribution in [0, 0.1) is 0 Å². The zero-order chi connectivity index (χ0) is 102. The van der Waals surface area contributed by atoms with E-state index < -0.39 is 23.4 Å². The van der Waals surface area contributed by atoms with Crippen LogP contribution in [0.4, 0.5) is 15.3 Å². The quantitative estimate of drug-likeness (QED) is 0.0210. The molecule has 19 aromatic rings. The van der Waals surface area contributed by atoms with Crippen molar-refractivity contribution in [2.45, 2.75) is 84.8 Å². The smallest absolute Gasteiger partial charge is 1.00 e. The molecule has 30 heteroatoms. The minimum atomic E-state index is -0.608. The molecule has 2 aliphatic heterocycles. The van der Waals surface area contributed by atoms with Crippen molar-refractivity contribution in [3.8, 4) is 89.5 Å². The Morgan fingerprint density at radius 1 is 0.367 bits per heavy atom. The topological polar surface area (TPSA) is 356 Å². The van der Waals surface area contributed by atoms with E-state index in [1.807, 2.05) is 245 Å². The van der Waals surface area contributed by atoms with Crippen LogP contribution in [0.25, 0.3) is 134 Å². The number of alkyl carbamates (subject to hydrolysis) is 1. The zero-order valence-electron chi connectivity index (χ0n) is 84.9. The van der Waals surface area contributed by atoms with Gasteiger partial charge in [0.15, 0.2) is 24.6 Å². The Hall–Kier alpha value is -13.8.